The Labute approximate surface area is 135 Å². The zero-order valence-electron chi connectivity index (χ0n) is 13.5. The maximum atomic E-state index is 13.0. The van der Waals surface area contributed by atoms with Gasteiger partial charge in [0.05, 0.1) is 0 Å². The molecule has 0 spiro atoms. The number of aromatic nitrogens is 1. The molecule has 0 saturated carbocycles. The summed E-state index contributed by atoms with van der Waals surface area (Å²) in [7, 11) is 0. The molecule has 2 heterocycles. The van der Waals surface area contributed by atoms with E-state index in [1.807, 2.05) is 17.9 Å². The highest BCUT2D eigenvalue weighted by atomic mass is 16.2. The lowest BCUT2D eigenvalue weighted by Crippen LogP contribution is -2.36. The number of benzene rings is 2. The Morgan fingerprint density at radius 1 is 1.09 bits per heavy atom. The normalized spacial score (nSPS) is 14.1. The van der Waals surface area contributed by atoms with Gasteiger partial charge in [0.2, 0.25) is 0 Å². The van der Waals surface area contributed by atoms with Crippen LogP contribution in [0.3, 0.4) is 0 Å². The molecule has 0 unspecified atom stereocenters. The molecule has 3 nitrogen and oxygen atoms in total. The van der Waals surface area contributed by atoms with Crippen LogP contribution < -0.4 is 0 Å². The van der Waals surface area contributed by atoms with Gasteiger partial charge in [0.15, 0.2) is 0 Å². The van der Waals surface area contributed by atoms with Gasteiger partial charge in [-0.3, -0.25) is 4.79 Å². The van der Waals surface area contributed by atoms with E-state index >= 15 is 0 Å². The van der Waals surface area contributed by atoms with E-state index in [4.69, 9.17) is 0 Å². The largest absolute Gasteiger partial charge is 0.350 e. The third-order valence-corrected chi connectivity index (χ3v) is 4.85. The molecule has 1 aliphatic rings. The average Bonchev–Trinajstić information content (AvgIpc) is 2.89. The highest BCUT2D eigenvalue weighted by Crippen LogP contribution is 2.26. The number of carbonyl (C=O) groups excluding carboxylic acids is 1. The van der Waals surface area contributed by atoms with Gasteiger partial charge in [-0.25, -0.2) is 0 Å². The molecule has 1 N–H and O–H groups in total. The van der Waals surface area contributed by atoms with Crippen LogP contribution in [-0.2, 0) is 13.0 Å². The molecule has 0 atom stereocenters. The number of H-pyrrole nitrogens is 1. The molecule has 116 valence electrons. The van der Waals surface area contributed by atoms with Crippen LogP contribution in [0, 0.1) is 13.8 Å². The van der Waals surface area contributed by atoms with Gasteiger partial charge in [-0.15, -0.1) is 0 Å². The quantitative estimate of drug-likeness (QED) is 0.725. The van der Waals surface area contributed by atoms with Crippen molar-refractivity contribution >= 4 is 16.8 Å². The fourth-order valence-corrected chi connectivity index (χ4v) is 3.49. The van der Waals surface area contributed by atoms with Gasteiger partial charge in [-0.1, -0.05) is 36.4 Å². The molecule has 23 heavy (non-hydrogen) atoms. The number of hydrogen-bond acceptors (Lipinski definition) is 1. The first-order valence-electron chi connectivity index (χ1n) is 8.08. The highest BCUT2D eigenvalue weighted by molar-refractivity contribution is 6.01. The van der Waals surface area contributed by atoms with Crippen LogP contribution in [0.4, 0.5) is 0 Å². The number of carbonyl (C=O) groups is 1. The predicted octanol–water partition coefficient (Wildman–Crippen LogP) is 3.98. The number of fused-ring (bicyclic) bond motifs is 2. The van der Waals surface area contributed by atoms with Crippen molar-refractivity contribution in [3.05, 3.63) is 70.4 Å². The molecule has 4 rings (SSSR count). The standard InChI is InChI=1S/C20H20N2O/c1-13-7-8-17-14(2)19(21-18(17)11-13)20(23)22-10-9-15-5-3-4-6-16(15)12-22/h3-8,11,21H,9-10,12H2,1-2H3. The SMILES string of the molecule is Cc1ccc2c(C)c(C(=O)N3CCc4ccccc4C3)[nH]c2c1. The van der Waals surface area contributed by atoms with Crippen molar-refractivity contribution in [1.29, 1.82) is 0 Å². The summed E-state index contributed by atoms with van der Waals surface area (Å²) in [6, 6.07) is 14.7. The van der Waals surface area contributed by atoms with Crippen molar-refractivity contribution in [2.75, 3.05) is 6.54 Å². The lowest BCUT2D eigenvalue weighted by molar-refractivity contribution is 0.0729. The van der Waals surface area contributed by atoms with Gasteiger partial charge in [0.1, 0.15) is 5.69 Å². The first-order chi connectivity index (χ1) is 11.1. The van der Waals surface area contributed by atoms with Crippen molar-refractivity contribution in [1.82, 2.24) is 9.88 Å². The Kier molecular flexibility index (Phi) is 3.22. The summed E-state index contributed by atoms with van der Waals surface area (Å²) in [5.41, 5.74) is 6.64. The molecule has 0 fully saturated rings. The second kappa shape index (κ2) is 5.27. The first-order valence-corrected chi connectivity index (χ1v) is 8.08. The topological polar surface area (TPSA) is 36.1 Å². The van der Waals surface area contributed by atoms with Crippen molar-refractivity contribution < 1.29 is 4.79 Å². The fourth-order valence-electron chi connectivity index (χ4n) is 3.49. The Morgan fingerprint density at radius 2 is 1.87 bits per heavy atom. The summed E-state index contributed by atoms with van der Waals surface area (Å²) in [5.74, 6) is 0.103. The van der Waals surface area contributed by atoms with Gasteiger partial charge < -0.3 is 9.88 Å². The van der Waals surface area contributed by atoms with Gasteiger partial charge in [0, 0.05) is 24.0 Å². The number of aromatic amines is 1. The van der Waals surface area contributed by atoms with Gasteiger partial charge in [-0.05, 0) is 48.6 Å². The minimum Gasteiger partial charge on any atom is -0.350 e. The number of amides is 1. The summed E-state index contributed by atoms with van der Waals surface area (Å²) in [4.78, 5) is 18.3. The number of nitrogens with one attached hydrogen (secondary N) is 1. The smallest absolute Gasteiger partial charge is 0.270 e. The maximum absolute atomic E-state index is 13.0. The van der Waals surface area contributed by atoms with Crippen LogP contribution in [0.25, 0.3) is 10.9 Å². The summed E-state index contributed by atoms with van der Waals surface area (Å²) in [5, 5.41) is 1.14. The minimum atomic E-state index is 0.103. The Hall–Kier alpha value is -2.55. The monoisotopic (exact) mass is 304 g/mol. The van der Waals surface area contributed by atoms with Crippen LogP contribution in [0.5, 0.6) is 0 Å². The van der Waals surface area contributed by atoms with Crippen LogP contribution in [-0.4, -0.2) is 22.3 Å². The minimum absolute atomic E-state index is 0.103. The first kappa shape index (κ1) is 14.1. The molecule has 1 aliphatic heterocycles. The van der Waals surface area contributed by atoms with E-state index in [9.17, 15) is 4.79 Å². The molecular formula is C20H20N2O. The fraction of sp³-hybridized carbons (Fsp3) is 0.250. The number of rotatable bonds is 1. The molecule has 0 aliphatic carbocycles. The summed E-state index contributed by atoms with van der Waals surface area (Å²) in [6.07, 6.45) is 0.931. The lowest BCUT2D eigenvalue weighted by Gasteiger charge is -2.28. The maximum Gasteiger partial charge on any atom is 0.270 e. The van der Waals surface area contributed by atoms with E-state index in [1.54, 1.807) is 0 Å². The lowest BCUT2D eigenvalue weighted by atomic mass is 9.99. The predicted molar refractivity (Wildman–Crippen MR) is 92.7 cm³/mol. The second-order valence-corrected chi connectivity index (χ2v) is 6.42. The third-order valence-electron chi connectivity index (χ3n) is 4.85. The van der Waals surface area contributed by atoms with Crippen LogP contribution >= 0.6 is 0 Å². The van der Waals surface area contributed by atoms with Crippen LogP contribution in [0.2, 0.25) is 0 Å². The molecular weight excluding hydrogens is 284 g/mol. The molecule has 1 amide bonds. The summed E-state index contributed by atoms with van der Waals surface area (Å²) in [6.45, 7) is 5.57. The molecule has 1 aromatic heterocycles. The molecule has 3 aromatic rings. The molecule has 0 radical (unpaired) electrons. The molecule has 0 saturated heterocycles. The van der Waals surface area contributed by atoms with E-state index in [1.165, 1.54) is 16.7 Å². The van der Waals surface area contributed by atoms with Crippen LogP contribution in [0.1, 0.15) is 32.7 Å². The average molecular weight is 304 g/mol. The zero-order chi connectivity index (χ0) is 16.0. The van der Waals surface area contributed by atoms with Crippen molar-refractivity contribution in [3.8, 4) is 0 Å². The summed E-state index contributed by atoms with van der Waals surface area (Å²) >= 11 is 0. The number of nitrogens with zero attached hydrogens (tertiary/aromatic N) is 1. The molecule has 3 heteroatoms. The van der Waals surface area contributed by atoms with Gasteiger partial charge in [0.25, 0.3) is 5.91 Å². The van der Waals surface area contributed by atoms with E-state index in [0.29, 0.717) is 6.54 Å². The number of aryl methyl sites for hydroxylation is 2. The van der Waals surface area contributed by atoms with Crippen molar-refractivity contribution in [2.45, 2.75) is 26.8 Å². The highest BCUT2D eigenvalue weighted by Gasteiger charge is 2.24. The number of hydrogen-bond donors (Lipinski definition) is 1. The Balaban J connectivity index is 1.69. The van der Waals surface area contributed by atoms with Gasteiger partial charge >= 0.3 is 0 Å². The Morgan fingerprint density at radius 3 is 2.70 bits per heavy atom. The van der Waals surface area contributed by atoms with Crippen LogP contribution in [0.15, 0.2) is 42.5 Å². The van der Waals surface area contributed by atoms with E-state index in [2.05, 4.69) is 48.3 Å². The van der Waals surface area contributed by atoms with E-state index < -0.39 is 0 Å². The second-order valence-electron chi connectivity index (χ2n) is 6.42. The van der Waals surface area contributed by atoms with Crippen molar-refractivity contribution in [3.63, 3.8) is 0 Å². The molecule has 0 bridgehead atoms. The van der Waals surface area contributed by atoms with E-state index in [-0.39, 0.29) is 5.91 Å². The van der Waals surface area contributed by atoms with Gasteiger partial charge in [-0.2, -0.15) is 0 Å². The zero-order valence-corrected chi connectivity index (χ0v) is 13.5. The molecule has 2 aromatic carbocycles. The van der Waals surface area contributed by atoms with E-state index in [0.717, 1.165) is 35.1 Å². The van der Waals surface area contributed by atoms with Crippen molar-refractivity contribution in [2.24, 2.45) is 0 Å². The summed E-state index contributed by atoms with van der Waals surface area (Å²) < 4.78 is 0. The Bertz CT molecular complexity index is 907. The third kappa shape index (κ3) is 2.33.